The summed E-state index contributed by atoms with van der Waals surface area (Å²) in [4.78, 5) is 17.2. The van der Waals surface area contributed by atoms with Gasteiger partial charge in [-0.15, -0.1) is 0 Å². The van der Waals surface area contributed by atoms with Crippen molar-refractivity contribution >= 4 is 40.2 Å². The number of pyridine rings is 1. The minimum absolute atomic E-state index is 0.160. The lowest BCUT2D eigenvalue weighted by Crippen LogP contribution is -2.30. The van der Waals surface area contributed by atoms with E-state index in [0.29, 0.717) is 34.8 Å². The zero-order chi connectivity index (χ0) is 20.3. The lowest BCUT2D eigenvalue weighted by Gasteiger charge is -2.23. The lowest BCUT2D eigenvalue weighted by atomic mass is 10.1. The van der Waals surface area contributed by atoms with Crippen molar-refractivity contribution in [2.24, 2.45) is 0 Å². The highest BCUT2D eigenvalue weighted by Gasteiger charge is 2.19. The fourth-order valence-electron chi connectivity index (χ4n) is 2.71. The third-order valence-electron chi connectivity index (χ3n) is 4.12. The second-order valence-electron chi connectivity index (χ2n) is 7.15. The predicted octanol–water partition coefficient (Wildman–Crippen LogP) is 3.47. The Morgan fingerprint density at radius 3 is 2.64 bits per heavy atom. The van der Waals surface area contributed by atoms with E-state index in [2.05, 4.69) is 30.9 Å². The Kier molecular flexibility index (Phi) is 5.81. The summed E-state index contributed by atoms with van der Waals surface area (Å²) in [6, 6.07) is 7.53. The average molecular weight is 402 g/mol. The molecule has 0 spiro atoms. The van der Waals surface area contributed by atoms with E-state index < -0.39 is 5.60 Å². The molecular formula is C19H24ClN7O. The minimum atomic E-state index is -0.888. The molecule has 8 nitrogen and oxygen atoms in total. The van der Waals surface area contributed by atoms with Gasteiger partial charge in [-0.3, -0.25) is 0 Å². The van der Waals surface area contributed by atoms with Crippen molar-refractivity contribution < 1.29 is 5.11 Å². The largest absolute Gasteiger partial charge is 0.389 e. The van der Waals surface area contributed by atoms with Gasteiger partial charge in [-0.05, 0) is 32.9 Å². The van der Waals surface area contributed by atoms with Crippen LogP contribution < -0.4 is 16.0 Å². The van der Waals surface area contributed by atoms with Crippen LogP contribution in [0.1, 0.15) is 32.4 Å². The first-order chi connectivity index (χ1) is 13.3. The summed E-state index contributed by atoms with van der Waals surface area (Å²) in [7, 11) is 1.75. The van der Waals surface area contributed by atoms with Gasteiger partial charge in [0.15, 0.2) is 0 Å². The Morgan fingerprint density at radius 2 is 1.93 bits per heavy atom. The second kappa shape index (κ2) is 8.12. The van der Waals surface area contributed by atoms with Crippen LogP contribution in [0.15, 0.2) is 30.6 Å². The fourth-order valence-corrected chi connectivity index (χ4v) is 2.93. The zero-order valence-electron chi connectivity index (χ0n) is 16.3. The van der Waals surface area contributed by atoms with Crippen molar-refractivity contribution in [2.45, 2.75) is 32.4 Å². The summed E-state index contributed by atoms with van der Waals surface area (Å²) in [6.45, 7) is 5.80. The van der Waals surface area contributed by atoms with Crippen LogP contribution in [0.3, 0.4) is 0 Å². The van der Waals surface area contributed by atoms with Gasteiger partial charge in [0.25, 0.3) is 0 Å². The van der Waals surface area contributed by atoms with Crippen molar-refractivity contribution in [3.05, 3.63) is 41.2 Å². The van der Waals surface area contributed by atoms with Crippen molar-refractivity contribution in [3.8, 4) is 0 Å². The molecule has 9 heteroatoms. The maximum absolute atomic E-state index is 10.1. The quantitative estimate of drug-likeness (QED) is 0.476. The highest BCUT2D eigenvalue weighted by atomic mass is 35.5. The maximum Gasteiger partial charge on any atom is 0.227 e. The van der Waals surface area contributed by atoms with E-state index >= 15 is 0 Å². The molecule has 0 bridgehead atoms. The molecule has 0 aliphatic carbocycles. The van der Waals surface area contributed by atoms with E-state index in [-0.39, 0.29) is 6.04 Å². The van der Waals surface area contributed by atoms with Gasteiger partial charge in [-0.1, -0.05) is 23.7 Å². The number of aliphatic hydroxyl groups is 1. The molecule has 1 unspecified atom stereocenters. The Labute approximate surface area is 168 Å². The molecule has 2 aromatic heterocycles. The average Bonchev–Trinajstić information content (AvgIpc) is 2.65. The third-order valence-corrected chi connectivity index (χ3v) is 4.43. The molecule has 1 aromatic carbocycles. The van der Waals surface area contributed by atoms with Gasteiger partial charge in [-0.2, -0.15) is 4.98 Å². The summed E-state index contributed by atoms with van der Waals surface area (Å²) in [5.41, 5.74) is 0.725. The molecule has 0 aliphatic heterocycles. The van der Waals surface area contributed by atoms with E-state index in [0.717, 1.165) is 10.9 Å². The number of hydrogen-bond acceptors (Lipinski definition) is 8. The van der Waals surface area contributed by atoms with Gasteiger partial charge >= 0.3 is 0 Å². The standard InChI is InChI=1S/C19H24ClN7O/c1-11(25-18-24-10-23-17(21-4)27-18)13-8-12-6-5-7-14(20)15(12)26-16(13)22-9-19(2,3)28/h5-8,10-11,28H,9H2,1-4H3,(H,22,26)(H2,21,23,24,25,27). The van der Waals surface area contributed by atoms with Crippen LogP contribution >= 0.6 is 11.6 Å². The van der Waals surface area contributed by atoms with Crippen molar-refractivity contribution in [3.63, 3.8) is 0 Å². The predicted molar refractivity (Wildman–Crippen MR) is 113 cm³/mol. The van der Waals surface area contributed by atoms with E-state index in [9.17, 15) is 5.11 Å². The van der Waals surface area contributed by atoms with Crippen molar-refractivity contribution in [1.29, 1.82) is 0 Å². The number of halogens is 1. The topological polar surface area (TPSA) is 108 Å². The first-order valence-corrected chi connectivity index (χ1v) is 9.33. The minimum Gasteiger partial charge on any atom is -0.389 e. The smallest absolute Gasteiger partial charge is 0.227 e. The monoisotopic (exact) mass is 401 g/mol. The van der Waals surface area contributed by atoms with Crippen LogP contribution in [0.25, 0.3) is 10.9 Å². The Morgan fingerprint density at radius 1 is 1.18 bits per heavy atom. The summed E-state index contributed by atoms with van der Waals surface area (Å²) in [5.74, 6) is 1.57. The molecule has 0 saturated carbocycles. The molecule has 1 atom stereocenters. The molecule has 0 fully saturated rings. The second-order valence-corrected chi connectivity index (χ2v) is 7.56. The number of rotatable bonds is 7. The molecule has 0 saturated heterocycles. The number of fused-ring (bicyclic) bond motifs is 1. The normalized spacial score (nSPS) is 12.6. The molecule has 0 radical (unpaired) electrons. The maximum atomic E-state index is 10.1. The summed E-state index contributed by atoms with van der Waals surface area (Å²) in [6.07, 6.45) is 1.44. The van der Waals surface area contributed by atoms with Gasteiger partial charge < -0.3 is 21.1 Å². The number of benzene rings is 1. The molecule has 2 heterocycles. The van der Waals surface area contributed by atoms with Crippen LogP contribution in [-0.4, -0.2) is 44.2 Å². The number of para-hydroxylation sites is 1. The van der Waals surface area contributed by atoms with Crippen LogP contribution in [0, 0.1) is 0 Å². The van der Waals surface area contributed by atoms with Gasteiger partial charge in [0.1, 0.15) is 12.1 Å². The Balaban J connectivity index is 1.98. The molecule has 0 aliphatic rings. The summed E-state index contributed by atoms with van der Waals surface area (Å²) < 4.78 is 0. The first kappa shape index (κ1) is 20.0. The molecule has 3 aromatic rings. The van der Waals surface area contributed by atoms with Crippen molar-refractivity contribution in [1.82, 2.24) is 19.9 Å². The number of nitrogens with zero attached hydrogens (tertiary/aromatic N) is 4. The van der Waals surface area contributed by atoms with Crippen molar-refractivity contribution in [2.75, 3.05) is 29.5 Å². The highest BCUT2D eigenvalue weighted by molar-refractivity contribution is 6.35. The van der Waals surface area contributed by atoms with Crippen LogP contribution in [0.5, 0.6) is 0 Å². The van der Waals surface area contributed by atoms with E-state index in [1.54, 1.807) is 20.9 Å². The van der Waals surface area contributed by atoms with Gasteiger partial charge in [0, 0.05) is 24.5 Å². The van der Waals surface area contributed by atoms with Gasteiger partial charge in [0.2, 0.25) is 11.9 Å². The highest BCUT2D eigenvalue weighted by Crippen LogP contribution is 2.31. The van der Waals surface area contributed by atoms with Gasteiger partial charge in [-0.25, -0.2) is 15.0 Å². The lowest BCUT2D eigenvalue weighted by molar-refractivity contribution is 0.0944. The molecule has 4 N–H and O–H groups in total. The molecule has 28 heavy (non-hydrogen) atoms. The number of hydrogen-bond donors (Lipinski definition) is 4. The molecule has 3 rings (SSSR count). The SMILES string of the molecule is CNc1ncnc(NC(C)c2cc3cccc(Cl)c3nc2NCC(C)(C)O)n1. The number of anilines is 3. The third kappa shape index (κ3) is 4.76. The summed E-state index contributed by atoms with van der Waals surface area (Å²) >= 11 is 6.32. The fraction of sp³-hybridized carbons (Fsp3) is 0.368. The number of nitrogens with one attached hydrogen (secondary N) is 3. The van der Waals surface area contributed by atoms with Crippen LogP contribution in [0.4, 0.5) is 17.7 Å². The molecular weight excluding hydrogens is 378 g/mol. The van der Waals surface area contributed by atoms with E-state index in [1.807, 2.05) is 31.2 Å². The van der Waals surface area contributed by atoms with E-state index in [1.165, 1.54) is 6.33 Å². The number of aromatic nitrogens is 4. The van der Waals surface area contributed by atoms with Gasteiger partial charge in [0.05, 0.1) is 22.2 Å². The van der Waals surface area contributed by atoms with Crippen LogP contribution in [-0.2, 0) is 0 Å². The summed E-state index contributed by atoms with van der Waals surface area (Å²) in [5, 5.41) is 21.0. The van der Waals surface area contributed by atoms with Crippen LogP contribution in [0.2, 0.25) is 5.02 Å². The molecule has 148 valence electrons. The zero-order valence-corrected chi connectivity index (χ0v) is 17.0. The Hall–Kier alpha value is -2.71. The Bertz CT molecular complexity index is 974. The first-order valence-electron chi connectivity index (χ1n) is 8.95. The molecule has 0 amide bonds. The van der Waals surface area contributed by atoms with E-state index in [4.69, 9.17) is 16.6 Å².